The molecule has 15 heavy (non-hydrogen) atoms. The summed E-state index contributed by atoms with van der Waals surface area (Å²) in [5.74, 6) is -0.765. The lowest BCUT2D eigenvalue weighted by Crippen LogP contribution is -2.27. The normalized spacial score (nSPS) is 13.8. The summed E-state index contributed by atoms with van der Waals surface area (Å²) >= 11 is 0. The molecule has 2 N–H and O–H groups in total. The highest BCUT2D eigenvalue weighted by atomic mass is 32.2. The molecule has 1 aromatic rings. The number of aromatic nitrogens is 1. The lowest BCUT2D eigenvalue weighted by molar-refractivity contribution is 0.582. The molecule has 0 amide bonds. The van der Waals surface area contributed by atoms with Crippen LogP contribution in [0.1, 0.15) is 12.5 Å². The smallest absolute Gasteiger partial charge is 0.158 e. The monoisotopic (exact) mass is 232 g/mol. The molecule has 0 aliphatic rings. The maximum absolute atomic E-state index is 12.7. The second-order valence-corrected chi connectivity index (χ2v) is 5.78. The van der Waals surface area contributed by atoms with Gasteiger partial charge in [0.1, 0.15) is 5.82 Å². The van der Waals surface area contributed by atoms with Crippen LogP contribution in [0.15, 0.2) is 18.5 Å². The number of sulfone groups is 1. The zero-order chi connectivity index (χ0) is 11.5. The summed E-state index contributed by atoms with van der Waals surface area (Å²) in [5.41, 5.74) is 5.62. The molecule has 0 aliphatic heterocycles. The van der Waals surface area contributed by atoms with Gasteiger partial charge < -0.3 is 5.73 Å². The minimum Gasteiger partial charge on any atom is -0.329 e. The molecule has 1 heterocycles. The molecule has 0 fully saturated rings. The number of nitrogens with zero attached hydrogens (tertiary/aromatic N) is 1. The van der Waals surface area contributed by atoms with E-state index in [1.807, 2.05) is 0 Å². The zero-order valence-electron chi connectivity index (χ0n) is 8.35. The zero-order valence-corrected chi connectivity index (χ0v) is 9.17. The van der Waals surface area contributed by atoms with Crippen LogP contribution >= 0.6 is 0 Å². The van der Waals surface area contributed by atoms with E-state index in [9.17, 15) is 12.8 Å². The number of hydrogen-bond acceptors (Lipinski definition) is 4. The quantitative estimate of drug-likeness (QED) is 0.819. The Morgan fingerprint density at radius 3 is 2.73 bits per heavy atom. The topological polar surface area (TPSA) is 73.1 Å². The number of hydrogen-bond donors (Lipinski definition) is 1. The van der Waals surface area contributed by atoms with Crippen LogP contribution < -0.4 is 5.73 Å². The number of nitrogens with two attached hydrogens (primary N) is 1. The Balaban J connectivity index is 2.87. The van der Waals surface area contributed by atoms with Crippen molar-refractivity contribution in [2.45, 2.75) is 17.9 Å². The van der Waals surface area contributed by atoms with Gasteiger partial charge in [0.15, 0.2) is 9.84 Å². The molecule has 1 rings (SSSR count). The minimum absolute atomic E-state index is 0.0606. The average Bonchev–Trinajstić information content (AvgIpc) is 2.15. The fraction of sp³-hybridized carbons (Fsp3) is 0.444. The first-order chi connectivity index (χ1) is 6.95. The lowest BCUT2D eigenvalue weighted by Gasteiger charge is -2.09. The Hall–Kier alpha value is -1.01. The second kappa shape index (κ2) is 4.67. The molecule has 6 heteroatoms. The first-order valence-corrected chi connectivity index (χ1v) is 6.18. The van der Waals surface area contributed by atoms with Gasteiger partial charge in [-0.05, 0) is 18.6 Å². The predicted molar refractivity (Wildman–Crippen MR) is 55.3 cm³/mol. The molecular formula is C9H13FN2O2S. The molecule has 84 valence electrons. The number of pyridine rings is 1. The van der Waals surface area contributed by atoms with Crippen LogP contribution in [0, 0.1) is 5.82 Å². The molecular weight excluding hydrogens is 219 g/mol. The molecule has 0 bridgehead atoms. The third-order valence-electron chi connectivity index (χ3n) is 2.07. The molecule has 0 aromatic carbocycles. The number of halogens is 1. The SMILES string of the molecule is CC(CN)S(=O)(=O)Cc1cncc(F)c1. The van der Waals surface area contributed by atoms with Crippen molar-refractivity contribution in [2.24, 2.45) is 5.73 Å². The van der Waals surface area contributed by atoms with E-state index < -0.39 is 20.9 Å². The molecule has 0 aliphatic carbocycles. The molecule has 0 spiro atoms. The third-order valence-corrected chi connectivity index (χ3v) is 4.23. The van der Waals surface area contributed by atoms with E-state index in [2.05, 4.69) is 4.98 Å². The van der Waals surface area contributed by atoms with Crippen LogP contribution in [0.25, 0.3) is 0 Å². The maximum Gasteiger partial charge on any atom is 0.158 e. The van der Waals surface area contributed by atoms with Crippen molar-refractivity contribution in [3.63, 3.8) is 0 Å². The summed E-state index contributed by atoms with van der Waals surface area (Å²) in [4.78, 5) is 3.58. The highest BCUT2D eigenvalue weighted by Gasteiger charge is 2.19. The van der Waals surface area contributed by atoms with Crippen molar-refractivity contribution in [3.8, 4) is 0 Å². The highest BCUT2D eigenvalue weighted by molar-refractivity contribution is 7.91. The molecule has 1 aromatic heterocycles. The standard InChI is InChI=1S/C9H13FN2O2S/c1-7(3-11)15(13,14)6-8-2-9(10)5-12-4-8/h2,4-5,7H,3,6,11H2,1H3. The predicted octanol–water partition coefficient (Wildman–Crippen LogP) is 0.483. The minimum atomic E-state index is -3.31. The first-order valence-electron chi connectivity index (χ1n) is 4.47. The maximum atomic E-state index is 12.7. The first kappa shape index (κ1) is 12.1. The Morgan fingerprint density at radius 2 is 2.20 bits per heavy atom. The van der Waals surface area contributed by atoms with Crippen molar-refractivity contribution >= 4 is 9.84 Å². The average molecular weight is 232 g/mol. The van der Waals surface area contributed by atoms with Crippen LogP contribution in [-0.2, 0) is 15.6 Å². The molecule has 0 radical (unpaired) electrons. The lowest BCUT2D eigenvalue weighted by atomic mass is 10.3. The van der Waals surface area contributed by atoms with Crippen LogP contribution in [0.5, 0.6) is 0 Å². The Kier molecular flexibility index (Phi) is 3.76. The van der Waals surface area contributed by atoms with E-state index in [0.717, 1.165) is 12.3 Å². The van der Waals surface area contributed by atoms with Crippen molar-refractivity contribution < 1.29 is 12.8 Å². The van der Waals surface area contributed by atoms with Gasteiger partial charge in [0.25, 0.3) is 0 Å². The van der Waals surface area contributed by atoms with Gasteiger partial charge in [0.2, 0.25) is 0 Å². The van der Waals surface area contributed by atoms with Crippen molar-refractivity contribution in [1.82, 2.24) is 4.98 Å². The van der Waals surface area contributed by atoms with Crippen LogP contribution in [0.4, 0.5) is 4.39 Å². The van der Waals surface area contributed by atoms with E-state index >= 15 is 0 Å². The largest absolute Gasteiger partial charge is 0.329 e. The Morgan fingerprint density at radius 1 is 1.53 bits per heavy atom. The molecule has 0 saturated carbocycles. The summed E-state index contributed by atoms with van der Waals surface area (Å²) in [6.45, 7) is 1.59. The van der Waals surface area contributed by atoms with Crippen LogP contribution in [0.3, 0.4) is 0 Å². The van der Waals surface area contributed by atoms with Gasteiger partial charge in [-0.1, -0.05) is 0 Å². The summed E-state index contributed by atoms with van der Waals surface area (Å²) < 4.78 is 36.0. The van der Waals surface area contributed by atoms with E-state index in [-0.39, 0.29) is 12.3 Å². The van der Waals surface area contributed by atoms with Crippen LogP contribution in [-0.4, -0.2) is 25.2 Å². The fourth-order valence-electron chi connectivity index (χ4n) is 1.06. The van der Waals surface area contributed by atoms with Crippen molar-refractivity contribution in [3.05, 3.63) is 29.8 Å². The van der Waals surface area contributed by atoms with Gasteiger partial charge in [-0.25, -0.2) is 12.8 Å². The van der Waals surface area contributed by atoms with Gasteiger partial charge in [-0.3, -0.25) is 4.98 Å². The summed E-state index contributed by atoms with van der Waals surface area (Å²) in [6, 6.07) is 1.16. The van der Waals surface area contributed by atoms with Crippen LogP contribution in [0.2, 0.25) is 0 Å². The molecule has 1 unspecified atom stereocenters. The van der Waals surface area contributed by atoms with Gasteiger partial charge >= 0.3 is 0 Å². The Bertz CT molecular complexity index is 433. The van der Waals surface area contributed by atoms with Crippen molar-refractivity contribution in [1.29, 1.82) is 0 Å². The van der Waals surface area contributed by atoms with E-state index in [0.29, 0.717) is 5.56 Å². The van der Waals surface area contributed by atoms with Gasteiger partial charge in [0, 0.05) is 12.7 Å². The Labute approximate surface area is 88.2 Å². The fourth-order valence-corrected chi connectivity index (χ4v) is 2.26. The highest BCUT2D eigenvalue weighted by Crippen LogP contribution is 2.10. The van der Waals surface area contributed by atoms with Gasteiger partial charge in [-0.15, -0.1) is 0 Å². The van der Waals surface area contributed by atoms with Gasteiger partial charge in [-0.2, -0.15) is 0 Å². The van der Waals surface area contributed by atoms with Crippen molar-refractivity contribution in [2.75, 3.05) is 6.54 Å². The van der Waals surface area contributed by atoms with Gasteiger partial charge in [0.05, 0.1) is 17.2 Å². The molecule has 0 saturated heterocycles. The summed E-state index contributed by atoms with van der Waals surface area (Å²) in [7, 11) is -3.31. The van der Waals surface area contributed by atoms with E-state index in [1.165, 1.54) is 13.1 Å². The molecule has 4 nitrogen and oxygen atoms in total. The third kappa shape index (κ3) is 3.24. The summed E-state index contributed by atoms with van der Waals surface area (Å²) in [6.07, 6.45) is 2.37. The van der Waals surface area contributed by atoms with E-state index in [4.69, 9.17) is 5.73 Å². The number of rotatable bonds is 4. The second-order valence-electron chi connectivity index (χ2n) is 3.36. The summed E-state index contributed by atoms with van der Waals surface area (Å²) in [5, 5.41) is -0.624. The molecule has 1 atom stereocenters. The van der Waals surface area contributed by atoms with E-state index in [1.54, 1.807) is 0 Å².